The van der Waals surface area contributed by atoms with Crippen LogP contribution in [0.5, 0.6) is 0 Å². The molecule has 35 heavy (non-hydrogen) atoms. The molecule has 5 rings (SSSR count). The van der Waals surface area contributed by atoms with Crippen molar-refractivity contribution in [2.45, 2.75) is 40.3 Å². The van der Waals surface area contributed by atoms with Crippen molar-refractivity contribution in [3.63, 3.8) is 0 Å². The summed E-state index contributed by atoms with van der Waals surface area (Å²) in [6, 6.07) is 12.3. The van der Waals surface area contributed by atoms with Gasteiger partial charge in [0.2, 0.25) is 0 Å². The maximum Gasteiger partial charge on any atom is 0.271 e. The van der Waals surface area contributed by atoms with Gasteiger partial charge in [-0.15, -0.1) is 0 Å². The lowest BCUT2D eigenvalue weighted by atomic mass is 10.00. The first-order valence-electron chi connectivity index (χ1n) is 11.3. The van der Waals surface area contributed by atoms with Crippen molar-refractivity contribution in [3.8, 4) is 0 Å². The second-order valence-electron chi connectivity index (χ2n) is 8.40. The molecule has 0 radical (unpaired) electrons. The Bertz CT molecular complexity index is 1650. The average molecular weight is 488 g/mol. The van der Waals surface area contributed by atoms with E-state index in [1.54, 1.807) is 28.3 Å². The summed E-state index contributed by atoms with van der Waals surface area (Å²) in [4.78, 5) is 32.4. The molecule has 1 atom stereocenters. The number of benzene rings is 1. The van der Waals surface area contributed by atoms with E-state index >= 15 is 0 Å². The van der Waals surface area contributed by atoms with Crippen LogP contribution in [0.15, 0.2) is 74.1 Å². The number of carbonyl (C=O) groups excluding carboxylic acids is 1. The quantitative estimate of drug-likeness (QED) is 0.467. The van der Waals surface area contributed by atoms with Crippen LogP contribution in [0.4, 0.5) is 5.69 Å². The van der Waals surface area contributed by atoms with Crippen molar-refractivity contribution < 1.29 is 9.21 Å². The van der Waals surface area contributed by atoms with E-state index in [9.17, 15) is 9.59 Å². The number of rotatable bonds is 5. The van der Waals surface area contributed by atoms with Gasteiger partial charge in [0.1, 0.15) is 17.6 Å². The largest absolute Gasteiger partial charge is 0.464 e. The van der Waals surface area contributed by atoms with Crippen molar-refractivity contribution in [1.82, 2.24) is 14.3 Å². The number of anilines is 1. The smallest absolute Gasteiger partial charge is 0.271 e. The van der Waals surface area contributed by atoms with E-state index in [-0.39, 0.29) is 11.5 Å². The minimum absolute atomic E-state index is 0.243. The molecule has 4 heterocycles. The Morgan fingerprint density at radius 1 is 1.17 bits per heavy atom. The highest BCUT2D eigenvalue weighted by molar-refractivity contribution is 7.07. The van der Waals surface area contributed by atoms with Crippen molar-refractivity contribution in [2.75, 3.05) is 5.32 Å². The summed E-state index contributed by atoms with van der Waals surface area (Å²) in [5.41, 5.74) is 3.00. The van der Waals surface area contributed by atoms with Crippen LogP contribution in [-0.4, -0.2) is 20.3 Å². The first kappa shape index (κ1) is 22.8. The standard InChI is InChI=1S/C26H25N5O3S/c1-5-30-13-12-18(29-30)14-21-25(33)31-23(20-11-10-16(3)34-20)22(17(4)27-26(31)35-21)24(32)28-19-9-7-6-8-15(19)2/h6-14,23H,5H2,1-4H3,(H,28,32)/b21-14+. The summed E-state index contributed by atoms with van der Waals surface area (Å²) in [6.45, 7) is 8.29. The number of allylic oxidation sites excluding steroid dienone is 1. The number of carbonyl (C=O) groups is 1. The third kappa shape index (κ3) is 4.19. The van der Waals surface area contributed by atoms with Gasteiger partial charge in [-0.25, -0.2) is 4.99 Å². The van der Waals surface area contributed by atoms with Gasteiger partial charge in [0.05, 0.1) is 21.5 Å². The number of thiazole rings is 1. The van der Waals surface area contributed by atoms with Gasteiger partial charge in [0, 0.05) is 18.4 Å². The minimum Gasteiger partial charge on any atom is -0.464 e. The molecule has 9 heteroatoms. The number of para-hydroxylation sites is 1. The van der Waals surface area contributed by atoms with Gasteiger partial charge < -0.3 is 9.73 Å². The second kappa shape index (κ2) is 8.99. The molecular weight excluding hydrogens is 462 g/mol. The lowest BCUT2D eigenvalue weighted by Crippen LogP contribution is -2.40. The van der Waals surface area contributed by atoms with Crippen LogP contribution in [0.25, 0.3) is 6.08 Å². The third-order valence-corrected chi connectivity index (χ3v) is 6.94. The van der Waals surface area contributed by atoms with Crippen LogP contribution in [0, 0.1) is 13.8 Å². The number of amides is 1. The van der Waals surface area contributed by atoms with Gasteiger partial charge in [0.15, 0.2) is 4.80 Å². The first-order chi connectivity index (χ1) is 16.9. The Hall–Kier alpha value is -3.98. The van der Waals surface area contributed by atoms with Gasteiger partial charge >= 0.3 is 0 Å². The average Bonchev–Trinajstić information content (AvgIpc) is 3.54. The Kier molecular flexibility index (Phi) is 5.86. The summed E-state index contributed by atoms with van der Waals surface area (Å²) in [5.74, 6) is 0.880. The molecule has 0 bridgehead atoms. The van der Waals surface area contributed by atoms with Crippen molar-refractivity contribution in [1.29, 1.82) is 0 Å². The summed E-state index contributed by atoms with van der Waals surface area (Å²) in [6.07, 6.45) is 3.63. The third-order valence-electron chi connectivity index (χ3n) is 5.95. The van der Waals surface area contributed by atoms with Crippen molar-refractivity contribution in [2.24, 2.45) is 4.99 Å². The molecule has 1 aliphatic heterocycles. The predicted molar refractivity (Wildman–Crippen MR) is 135 cm³/mol. The van der Waals surface area contributed by atoms with E-state index in [2.05, 4.69) is 15.4 Å². The SMILES string of the molecule is CCn1ccc(/C=c2/sc3n(c2=O)C(c2ccc(C)o2)C(C(=O)Nc2ccccc2C)=C(C)N=3)n1. The summed E-state index contributed by atoms with van der Waals surface area (Å²) >= 11 is 1.27. The maximum absolute atomic E-state index is 13.6. The van der Waals surface area contributed by atoms with Crippen LogP contribution >= 0.6 is 11.3 Å². The molecule has 0 saturated carbocycles. The molecule has 0 fully saturated rings. The van der Waals surface area contributed by atoms with E-state index in [1.165, 1.54) is 11.3 Å². The Labute approximate surface area is 205 Å². The van der Waals surface area contributed by atoms with E-state index in [0.29, 0.717) is 43.5 Å². The van der Waals surface area contributed by atoms with Crippen molar-refractivity contribution >= 4 is 29.0 Å². The monoisotopic (exact) mass is 487 g/mol. The topological polar surface area (TPSA) is 94.4 Å². The number of hydrogen-bond acceptors (Lipinski definition) is 6. The minimum atomic E-state index is -0.737. The van der Waals surface area contributed by atoms with Gasteiger partial charge in [-0.1, -0.05) is 29.5 Å². The fourth-order valence-electron chi connectivity index (χ4n) is 4.15. The highest BCUT2D eigenvalue weighted by Crippen LogP contribution is 2.32. The Morgan fingerprint density at radius 3 is 2.66 bits per heavy atom. The number of aromatic nitrogens is 3. The zero-order valence-corrected chi connectivity index (χ0v) is 20.7. The van der Waals surface area contributed by atoms with Crippen molar-refractivity contribution in [3.05, 3.63) is 102 Å². The van der Waals surface area contributed by atoms with Crippen LogP contribution in [0.3, 0.4) is 0 Å². The first-order valence-corrected chi connectivity index (χ1v) is 12.2. The molecule has 3 aromatic heterocycles. The molecule has 0 saturated heterocycles. The highest BCUT2D eigenvalue weighted by Gasteiger charge is 2.34. The highest BCUT2D eigenvalue weighted by atomic mass is 32.1. The van der Waals surface area contributed by atoms with E-state index < -0.39 is 6.04 Å². The Balaban J connectivity index is 1.65. The lowest BCUT2D eigenvalue weighted by Gasteiger charge is -2.23. The maximum atomic E-state index is 13.6. The van der Waals surface area contributed by atoms with E-state index in [4.69, 9.17) is 4.42 Å². The number of hydrogen-bond donors (Lipinski definition) is 1. The number of fused-ring (bicyclic) bond motifs is 1. The second-order valence-corrected chi connectivity index (χ2v) is 9.40. The summed E-state index contributed by atoms with van der Waals surface area (Å²) in [5, 5.41) is 7.45. The molecule has 1 amide bonds. The zero-order chi connectivity index (χ0) is 24.7. The molecule has 1 unspecified atom stereocenters. The summed E-state index contributed by atoms with van der Waals surface area (Å²) < 4.78 is 9.79. The Morgan fingerprint density at radius 2 is 1.97 bits per heavy atom. The molecule has 1 aliphatic rings. The number of aryl methyl sites for hydroxylation is 3. The molecule has 1 N–H and O–H groups in total. The van der Waals surface area contributed by atoms with E-state index in [0.717, 1.165) is 12.1 Å². The van der Waals surface area contributed by atoms with Gasteiger partial charge in [-0.3, -0.25) is 18.8 Å². The molecule has 0 aliphatic carbocycles. The molecule has 4 aromatic rings. The van der Waals surface area contributed by atoms with Gasteiger partial charge in [0.25, 0.3) is 11.5 Å². The molecule has 0 spiro atoms. The van der Waals surface area contributed by atoms with Crippen LogP contribution in [0.1, 0.15) is 42.7 Å². The lowest BCUT2D eigenvalue weighted by molar-refractivity contribution is -0.113. The van der Waals surface area contributed by atoms with Crippen LogP contribution in [0.2, 0.25) is 0 Å². The zero-order valence-electron chi connectivity index (χ0n) is 19.9. The molecular formula is C26H25N5O3S. The summed E-state index contributed by atoms with van der Waals surface area (Å²) in [7, 11) is 0. The molecule has 1 aromatic carbocycles. The number of furan rings is 1. The van der Waals surface area contributed by atoms with Crippen LogP contribution in [-0.2, 0) is 11.3 Å². The number of nitrogens with zero attached hydrogens (tertiary/aromatic N) is 4. The van der Waals surface area contributed by atoms with Crippen LogP contribution < -0.4 is 20.2 Å². The molecule has 178 valence electrons. The number of nitrogens with one attached hydrogen (secondary N) is 1. The van der Waals surface area contributed by atoms with Gasteiger partial charge in [-0.05, 0) is 63.6 Å². The predicted octanol–water partition coefficient (Wildman–Crippen LogP) is 3.30. The van der Waals surface area contributed by atoms with Gasteiger partial charge in [-0.2, -0.15) is 5.10 Å². The normalized spacial score (nSPS) is 15.8. The fraction of sp³-hybridized carbons (Fsp3) is 0.231. The molecule has 8 nitrogen and oxygen atoms in total. The van der Waals surface area contributed by atoms with E-state index in [1.807, 2.05) is 63.4 Å². The fourth-order valence-corrected chi connectivity index (χ4v) is 5.18.